The molecule has 0 unspecified atom stereocenters. The third-order valence-electron chi connectivity index (χ3n) is 3.36. The van der Waals surface area contributed by atoms with E-state index in [0.717, 1.165) is 22.0 Å². The molecule has 2 aromatic carbocycles. The van der Waals surface area contributed by atoms with Crippen molar-refractivity contribution in [2.24, 2.45) is 7.05 Å². The van der Waals surface area contributed by atoms with Crippen LogP contribution in [0.25, 0.3) is 22.0 Å². The van der Waals surface area contributed by atoms with Crippen molar-refractivity contribution < 1.29 is 0 Å². The second-order valence-electron chi connectivity index (χ2n) is 4.58. The zero-order valence-electron chi connectivity index (χ0n) is 10.7. The van der Waals surface area contributed by atoms with Crippen molar-refractivity contribution in [1.82, 2.24) is 4.57 Å². The molecule has 3 rings (SSSR count). The van der Waals surface area contributed by atoms with Crippen LogP contribution in [0.5, 0.6) is 0 Å². The monoisotopic (exact) mass is 347 g/mol. The molecular weight excluding hydrogens is 338 g/mol. The molecule has 0 amide bonds. The van der Waals surface area contributed by atoms with E-state index in [1.807, 2.05) is 42.5 Å². The largest absolute Gasteiger partial charge is 0.310 e. The lowest BCUT2D eigenvalue weighted by molar-refractivity contribution is 0.900. The molecule has 1 heterocycles. The molecule has 0 saturated carbocycles. The van der Waals surface area contributed by atoms with Gasteiger partial charge < -0.3 is 4.57 Å². The predicted octanol–water partition coefficient (Wildman–Crippen LogP) is 4.62. The average molecular weight is 349 g/mol. The molecule has 0 saturated heterocycles. The summed E-state index contributed by atoms with van der Waals surface area (Å²) in [6, 6.07) is 15.4. The van der Waals surface area contributed by atoms with Crippen molar-refractivity contribution in [3.63, 3.8) is 0 Å². The van der Waals surface area contributed by atoms with Gasteiger partial charge in [-0.1, -0.05) is 41.9 Å². The van der Waals surface area contributed by atoms with E-state index in [2.05, 4.69) is 15.9 Å². The molecule has 20 heavy (non-hydrogen) atoms. The van der Waals surface area contributed by atoms with Crippen LogP contribution >= 0.6 is 27.5 Å². The van der Waals surface area contributed by atoms with Gasteiger partial charge in [-0.3, -0.25) is 4.79 Å². The van der Waals surface area contributed by atoms with Gasteiger partial charge in [0, 0.05) is 23.0 Å². The molecule has 0 radical (unpaired) electrons. The highest BCUT2D eigenvalue weighted by molar-refractivity contribution is 9.10. The van der Waals surface area contributed by atoms with Crippen LogP contribution in [0, 0.1) is 0 Å². The Balaban J connectivity index is 2.53. The lowest BCUT2D eigenvalue weighted by Gasteiger charge is -2.13. The van der Waals surface area contributed by atoms with E-state index in [4.69, 9.17) is 11.6 Å². The summed E-state index contributed by atoms with van der Waals surface area (Å²) in [5.74, 6) is 0. The number of aromatic nitrogens is 1. The molecule has 0 aliphatic carbocycles. The quantitative estimate of drug-likeness (QED) is 0.629. The summed E-state index contributed by atoms with van der Waals surface area (Å²) in [7, 11) is 1.76. The SMILES string of the molecule is Cn1c(=O)c(Br)c(-c2ccccc2)c2cc(Cl)ccc21. The lowest BCUT2D eigenvalue weighted by Crippen LogP contribution is -2.18. The van der Waals surface area contributed by atoms with Crippen molar-refractivity contribution in [3.8, 4) is 11.1 Å². The molecule has 1 aromatic heterocycles. The molecule has 0 fully saturated rings. The van der Waals surface area contributed by atoms with Crippen molar-refractivity contribution in [3.05, 3.63) is 68.4 Å². The summed E-state index contributed by atoms with van der Waals surface area (Å²) < 4.78 is 2.18. The van der Waals surface area contributed by atoms with E-state index in [9.17, 15) is 4.79 Å². The number of aryl methyl sites for hydroxylation is 1. The van der Waals surface area contributed by atoms with E-state index in [1.165, 1.54) is 0 Å². The Morgan fingerprint density at radius 2 is 1.80 bits per heavy atom. The van der Waals surface area contributed by atoms with Crippen LogP contribution in [0.4, 0.5) is 0 Å². The zero-order chi connectivity index (χ0) is 14.3. The van der Waals surface area contributed by atoms with Gasteiger partial charge >= 0.3 is 0 Å². The minimum Gasteiger partial charge on any atom is -0.310 e. The molecule has 2 nitrogen and oxygen atoms in total. The van der Waals surface area contributed by atoms with Crippen LogP contribution in [-0.4, -0.2) is 4.57 Å². The highest BCUT2D eigenvalue weighted by atomic mass is 79.9. The van der Waals surface area contributed by atoms with E-state index < -0.39 is 0 Å². The van der Waals surface area contributed by atoms with Gasteiger partial charge in [-0.2, -0.15) is 0 Å². The van der Waals surface area contributed by atoms with Crippen molar-refractivity contribution >= 4 is 38.4 Å². The Kier molecular flexibility index (Phi) is 3.40. The first-order chi connectivity index (χ1) is 9.59. The third-order valence-corrected chi connectivity index (χ3v) is 4.33. The number of benzene rings is 2. The molecular formula is C16H11BrClNO. The Labute approximate surface area is 129 Å². The summed E-state index contributed by atoms with van der Waals surface area (Å²) in [5, 5.41) is 1.61. The van der Waals surface area contributed by atoms with Crippen LogP contribution < -0.4 is 5.56 Å². The first kappa shape index (κ1) is 13.4. The number of nitrogens with zero attached hydrogens (tertiary/aromatic N) is 1. The maximum atomic E-state index is 12.3. The molecule has 0 aliphatic heterocycles. The van der Waals surface area contributed by atoms with Crippen LogP contribution in [-0.2, 0) is 7.05 Å². The van der Waals surface area contributed by atoms with Gasteiger partial charge in [-0.15, -0.1) is 0 Å². The van der Waals surface area contributed by atoms with Crippen LogP contribution in [0.2, 0.25) is 5.02 Å². The Morgan fingerprint density at radius 3 is 2.50 bits per heavy atom. The number of hydrogen-bond acceptors (Lipinski definition) is 1. The number of halogens is 2. The molecule has 100 valence electrons. The maximum absolute atomic E-state index is 12.3. The minimum absolute atomic E-state index is 0.0568. The molecule has 4 heteroatoms. The van der Waals surface area contributed by atoms with Crippen molar-refractivity contribution in [2.75, 3.05) is 0 Å². The van der Waals surface area contributed by atoms with E-state index in [0.29, 0.717) is 9.50 Å². The van der Waals surface area contributed by atoms with Crippen LogP contribution in [0.15, 0.2) is 57.8 Å². The fourth-order valence-electron chi connectivity index (χ4n) is 2.37. The normalized spacial score (nSPS) is 10.9. The Morgan fingerprint density at radius 1 is 1.10 bits per heavy atom. The van der Waals surface area contributed by atoms with Gasteiger partial charge in [-0.05, 0) is 39.7 Å². The van der Waals surface area contributed by atoms with E-state index >= 15 is 0 Å². The third kappa shape index (κ3) is 2.07. The van der Waals surface area contributed by atoms with Gasteiger partial charge in [0.1, 0.15) is 0 Å². The molecule has 0 N–H and O–H groups in total. The van der Waals surface area contributed by atoms with Gasteiger partial charge in [0.05, 0.1) is 9.99 Å². The maximum Gasteiger partial charge on any atom is 0.265 e. The zero-order valence-corrected chi connectivity index (χ0v) is 13.1. The molecule has 0 bridgehead atoms. The average Bonchev–Trinajstić information content (AvgIpc) is 2.46. The topological polar surface area (TPSA) is 22.0 Å². The summed E-state index contributed by atoms with van der Waals surface area (Å²) in [5.41, 5.74) is 2.68. The second-order valence-corrected chi connectivity index (χ2v) is 5.81. The van der Waals surface area contributed by atoms with E-state index in [-0.39, 0.29) is 5.56 Å². The van der Waals surface area contributed by atoms with Crippen molar-refractivity contribution in [2.45, 2.75) is 0 Å². The van der Waals surface area contributed by atoms with Gasteiger partial charge in [-0.25, -0.2) is 0 Å². The van der Waals surface area contributed by atoms with E-state index in [1.54, 1.807) is 17.7 Å². The fourth-order valence-corrected chi connectivity index (χ4v) is 3.25. The summed E-state index contributed by atoms with van der Waals surface area (Å²) in [4.78, 5) is 12.3. The number of rotatable bonds is 1. The second kappa shape index (κ2) is 5.08. The first-order valence-electron chi connectivity index (χ1n) is 6.13. The number of pyridine rings is 1. The lowest BCUT2D eigenvalue weighted by atomic mass is 10.0. The molecule has 0 atom stereocenters. The van der Waals surface area contributed by atoms with Crippen LogP contribution in [0.3, 0.4) is 0 Å². The smallest absolute Gasteiger partial charge is 0.265 e. The summed E-state index contributed by atoms with van der Waals surface area (Å²) in [6.45, 7) is 0. The summed E-state index contributed by atoms with van der Waals surface area (Å²) >= 11 is 9.56. The standard InChI is InChI=1S/C16H11BrClNO/c1-19-13-8-7-11(18)9-12(13)14(15(17)16(19)20)10-5-3-2-4-6-10/h2-9H,1H3. The predicted molar refractivity (Wildman–Crippen MR) is 87.3 cm³/mol. The number of hydrogen-bond donors (Lipinski definition) is 0. The highest BCUT2D eigenvalue weighted by Gasteiger charge is 2.14. The Bertz CT molecular complexity index is 856. The van der Waals surface area contributed by atoms with Gasteiger partial charge in [0.25, 0.3) is 5.56 Å². The van der Waals surface area contributed by atoms with Gasteiger partial charge in [0.2, 0.25) is 0 Å². The minimum atomic E-state index is -0.0568. The fraction of sp³-hybridized carbons (Fsp3) is 0.0625. The molecule has 3 aromatic rings. The molecule has 0 spiro atoms. The van der Waals surface area contributed by atoms with Crippen LogP contribution in [0.1, 0.15) is 0 Å². The number of fused-ring (bicyclic) bond motifs is 1. The molecule has 0 aliphatic rings. The summed E-state index contributed by atoms with van der Waals surface area (Å²) in [6.07, 6.45) is 0. The first-order valence-corrected chi connectivity index (χ1v) is 7.30. The van der Waals surface area contributed by atoms with Gasteiger partial charge in [0.15, 0.2) is 0 Å². The van der Waals surface area contributed by atoms with Crippen molar-refractivity contribution in [1.29, 1.82) is 0 Å². The highest BCUT2D eigenvalue weighted by Crippen LogP contribution is 2.34. The Hall–Kier alpha value is -1.58.